The molecular weight excluding hydrogens is 306 g/mol. The van der Waals surface area contributed by atoms with Crippen LogP contribution in [-0.4, -0.2) is 35.1 Å². The van der Waals surface area contributed by atoms with E-state index in [1.54, 1.807) is 18.2 Å². The number of aromatic carboxylic acids is 1. The number of carbonyl (C=O) groups excluding carboxylic acids is 1. The molecule has 1 aromatic carbocycles. The molecule has 24 heavy (non-hydrogen) atoms. The number of hydrogen-bond acceptors (Lipinski definition) is 4. The lowest BCUT2D eigenvalue weighted by atomic mass is 10.2. The summed E-state index contributed by atoms with van der Waals surface area (Å²) in [7, 11) is 1.93. The molecule has 0 bridgehead atoms. The zero-order valence-corrected chi connectivity index (χ0v) is 14.2. The molecule has 0 aliphatic heterocycles. The van der Waals surface area contributed by atoms with Crippen LogP contribution >= 0.6 is 0 Å². The maximum atomic E-state index is 12.4. The minimum absolute atomic E-state index is 0.169. The van der Waals surface area contributed by atoms with E-state index in [1.165, 1.54) is 12.1 Å². The summed E-state index contributed by atoms with van der Waals surface area (Å²) in [5.41, 5.74) is 1.95. The minimum atomic E-state index is -1.01. The van der Waals surface area contributed by atoms with Gasteiger partial charge in [-0.3, -0.25) is 4.79 Å². The highest BCUT2D eigenvalue weighted by Gasteiger charge is 2.13. The Morgan fingerprint density at radius 3 is 2.33 bits per heavy atom. The molecule has 1 aromatic heterocycles. The summed E-state index contributed by atoms with van der Waals surface area (Å²) in [5, 5.41) is 11.6. The van der Waals surface area contributed by atoms with Gasteiger partial charge >= 0.3 is 5.97 Å². The molecule has 2 N–H and O–H groups in total. The molecule has 0 saturated heterocycles. The maximum absolute atomic E-state index is 12.4. The van der Waals surface area contributed by atoms with E-state index in [0.717, 1.165) is 11.4 Å². The number of aryl methyl sites for hydroxylation is 1. The van der Waals surface area contributed by atoms with E-state index in [-0.39, 0.29) is 17.5 Å². The first-order valence-corrected chi connectivity index (χ1v) is 7.64. The number of nitrogens with one attached hydrogen (secondary N) is 1. The third-order valence-corrected chi connectivity index (χ3v) is 3.71. The van der Waals surface area contributed by atoms with Crippen molar-refractivity contribution in [1.29, 1.82) is 0 Å². The smallest absolute Gasteiger partial charge is 0.335 e. The van der Waals surface area contributed by atoms with Gasteiger partial charge in [0, 0.05) is 18.8 Å². The highest BCUT2D eigenvalue weighted by molar-refractivity contribution is 6.03. The van der Waals surface area contributed by atoms with Gasteiger partial charge in [-0.25, -0.2) is 9.78 Å². The number of carboxylic acids is 1. The van der Waals surface area contributed by atoms with Crippen LogP contribution in [0.1, 0.15) is 40.3 Å². The molecular formula is C18H21N3O3. The molecule has 1 heterocycles. The monoisotopic (exact) mass is 327 g/mol. The van der Waals surface area contributed by atoms with E-state index in [0.29, 0.717) is 11.4 Å². The van der Waals surface area contributed by atoms with Crippen molar-refractivity contribution in [3.8, 4) is 0 Å². The number of anilines is 2. The summed E-state index contributed by atoms with van der Waals surface area (Å²) in [5.74, 6) is -0.605. The van der Waals surface area contributed by atoms with Crippen LogP contribution in [0, 0.1) is 6.92 Å². The Balaban J connectivity index is 2.21. The summed E-state index contributed by atoms with van der Waals surface area (Å²) in [6.07, 6.45) is 0. The fourth-order valence-corrected chi connectivity index (χ4v) is 2.10. The first-order chi connectivity index (χ1) is 11.3. The Bertz CT molecular complexity index is 755. The van der Waals surface area contributed by atoms with Crippen LogP contribution in [0.4, 0.5) is 11.5 Å². The Morgan fingerprint density at radius 1 is 1.17 bits per heavy atom. The normalized spacial score (nSPS) is 10.5. The van der Waals surface area contributed by atoms with Gasteiger partial charge in [0.2, 0.25) is 0 Å². The molecule has 0 spiro atoms. The summed E-state index contributed by atoms with van der Waals surface area (Å²) in [6.45, 7) is 6.01. The summed E-state index contributed by atoms with van der Waals surface area (Å²) < 4.78 is 0. The number of carbonyl (C=O) groups is 2. The molecule has 126 valence electrons. The van der Waals surface area contributed by atoms with E-state index in [4.69, 9.17) is 5.11 Å². The number of nitrogens with zero attached hydrogens (tertiary/aromatic N) is 2. The van der Waals surface area contributed by atoms with Crippen LogP contribution < -0.4 is 10.2 Å². The van der Waals surface area contributed by atoms with Gasteiger partial charge in [0.25, 0.3) is 5.91 Å². The number of benzene rings is 1. The van der Waals surface area contributed by atoms with Crippen molar-refractivity contribution in [3.05, 3.63) is 53.2 Å². The van der Waals surface area contributed by atoms with Crippen molar-refractivity contribution in [3.63, 3.8) is 0 Å². The second-order valence-corrected chi connectivity index (χ2v) is 5.93. The fourth-order valence-electron chi connectivity index (χ4n) is 2.10. The van der Waals surface area contributed by atoms with Crippen molar-refractivity contribution < 1.29 is 14.7 Å². The average Bonchev–Trinajstić information content (AvgIpc) is 2.53. The van der Waals surface area contributed by atoms with Gasteiger partial charge in [-0.1, -0.05) is 0 Å². The molecule has 0 aliphatic carbocycles. The predicted molar refractivity (Wildman–Crippen MR) is 93.9 cm³/mol. The molecule has 0 atom stereocenters. The standard InChI is InChI=1S/C18H21N3O3/c1-11(2)21(4)16-10-12(3)9-15(20-16)17(22)19-14-7-5-13(6-8-14)18(23)24/h5-11H,1-4H3,(H,19,22)(H,23,24). The Kier molecular flexibility index (Phi) is 5.18. The fraction of sp³-hybridized carbons (Fsp3) is 0.278. The number of carboxylic acid groups (broad SMARTS) is 1. The third kappa shape index (κ3) is 4.10. The van der Waals surface area contributed by atoms with E-state index >= 15 is 0 Å². The van der Waals surface area contributed by atoms with Crippen LogP contribution in [0.2, 0.25) is 0 Å². The minimum Gasteiger partial charge on any atom is -0.478 e. The van der Waals surface area contributed by atoms with Crippen LogP contribution in [0.15, 0.2) is 36.4 Å². The first-order valence-electron chi connectivity index (χ1n) is 7.64. The molecule has 0 aliphatic rings. The molecule has 0 radical (unpaired) electrons. The Labute approximate surface area is 141 Å². The SMILES string of the molecule is Cc1cc(C(=O)Nc2ccc(C(=O)O)cc2)nc(N(C)C(C)C)c1. The molecule has 6 nitrogen and oxygen atoms in total. The molecule has 0 saturated carbocycles. The first kappa shape index (κ1) is 17.5. The number of amides is 1. The van der Waals surface area contributed by atoms with Gasteiger partial charge < -0.3 is 15.3 Å². The summed E-state index contributed by atoms with van der Waals surface area (Å²) in [4.78, 5) is 29.7. The summed E-state index contributed by atoms with van der Waals surface area (Å²) in [6, 6.07) is 9.91. The van der Waals surface area contributed by atoms with Crippen molar-refractivity contribution in [2.24, 2.45) is 0 Å². The van der Waals surface area contributed by atoms with Gasteiger partial charge in [0.05, 0.1) is 5.56 Å². The van der Waals surface area contributed by atoms with Gasteiger partial charge in [-0.15, -0.1) is 0 Å². The molecule has 2 rings (SSSR count). The van der Waals surface area contributed by atoms with Gasteiger partial charge in [0.15, 0.2) is 0 Å². The van der Waals surface area contributed by atoms with Crippen molar-refractivity contribution >= 4 is 23.4 Å². The molecule has 0 unspecified atom stereocenters. The van der Waals surface area contributed by atoms with Crippen LogP contribution in [-0.2, 0) is 0 Å². The number of pyridine rings is 1. The number of rotatable bonds is 5. The largest absolute Gasteiger partial charge is 0.478 e. The van der Waals surface area contributed by atoms with Crippen molar-refractivity contribution in [2.45, 2.75) is 26.8 Å². The molecule has 6 heteroatoms. The van der Waals surface area contributed by atoms with Gasteiger partial charge in [-0.2, -0.15) is 0 Å². The second kappa shape index (κ2) is 7.12. The van der Waals surface area contributed by atoms with Crippen LogP contribution in [0.25, 0.3) is 0 Å². The highest BCUT2D eigenvalue weighted by atomic mass is 16.4. The van der Waals surface area contributed by atoms with E-state index in [1.807, 2.05) is 38.8 Å². The van der Waals surface area contributed by atoms with Crippen molar-refractivity contribution in [1.82, 2.24) is 4.98 Å². The van der Waals surface area contributed by atoms with Crippen LogP contribution in [0.3, 0.4) is 0 Å². The van der Waals surface area contributed by atoms with Gasteiger partial charge in [-0.05, 0) is 62.7 Å². The van der Waals surface area contributed by atoms with E-state index < -0.39 is 5.97 Å². The number of hydrogen-bond donors (Lipinski definition) is 2. The van der Waals surface area contributed by atoms with E-state index in [2.05, 4.69) is 10.3 Å². The zero-order valence-electron chi connectivity index (χ0n) is 14.2. The Morgan fingerprint density at radius 2 is 1.79 bits per heavy atom. The molecule has 2 aromatic rings. The second-order valence-electron chi connectivity index (χ2n) is 5.93. The number of aromatic nitrogens is 1. The van der Waals surface area contributed by atoms with E-state index in [9.17, 15) is 9.59 Å². The maximum Gasteiger partial charge on any atom is 0.335 e. The quantitative estimate of drug-likeness (QED) is 0.881. The predicted octanol–water partition coefficient (Wildman–Crippen LogP) is 3.19. The average molecular weight is 327 g/mol. The Hall–Kier alpha value is -2.89. The van der Waals surface area contributed by atoms with Crippen molar-refractivity contribution in [2.75, 3.05) is 17.3 Å². The lowest BCUT2D eigenvalue weighted by molar-refractivity contribution is 0.0696. The summed E-state index contributed by atoms with van der Waals surface area (Å²) >= 11 is 0. The lowest BCUT2D eigenvalue weighted by Crippen LogP contribution is -2.27. The zero-order chi connectivity index (χ0) is 17.9. The lowest BCUT2D eigenvalue weighted by Gasteiger charge is -2.23. The molecule has 0 fully saturated rings. The molecule has 1 amide bonds. The third-order valence-electron chi connectivity index (χ3n) is 3.71. The van der Waals surface area contributed by atoms with Gasteiger partial charge in [0.1, 0.15) is 11.5 Å². The topological polar surface area (TPSA) is 82.5 Å². The highest BCUT2D eigenvalue weighted by Crippen LogP contribution is 2.17. The van der Waals surface area contributed by atoms with Crippen LogP contribution in [0.5, 0.6) is 0 Å².